The molecule has 3 aromatic heterocycles. The number of hydrogen-bond acceptors (Lipinski definition) is 4. The quantitative estimate of drug-likeness (QED) is 0.567. The molecular formula is C18H16ClN5O2. The lowest BCUT2D eigenvalue weighted by molar-refractivity contribution is 0.100. The smallest absolute Gasteiger partial charge is 0.250 e. The summed E-state index contributed by atoms with van der Waals surface area (Å²) in [6.07, 6.45) is 3.26. The van der Waals surface area contributed by atoms with Gasteiger partial charge in [0.25, 0.3) is 5.91 Å². The van der Waals surface area contributed by atoms with Gasteiger partial charge in [-0.05, 0) is 37.1 Å². The zero-order valence-electron chi connectivity index (χ0n) is 14.4. The lowest BCUT2D eigenvalue weighted by Crippen LogP contribution is -2.10. The minimum absolute atomic E-state index is 0.164. The molecule has 3 N–H and O–H groups in total. The van der Waals surface area contributed by atoms with Gasteiger partial charge in [0.1, 0.15) is 11.3 Å². The molecule has 0 aliphatic heterocycles. The summed E-state index contributed by atoms with van der Waals surface area (Å²) in [5.74, 6) is -0.398. The second-order valence-corrected chi connectivity index (χ2v) is 6.62. The Morgan fingerprint density at radius 2 is 2.04 bits per heavy atom. The van der Waals surface area contributed by atoms with Crippen LogP contribution in [0.3, 0.4) is 0 Å². The molecular weight excluding hydrogens is 354 g/mol. The highest BCUT2D eigenvalue weighted by atomic mass is 35.5. The zero-order valence-corrected chi connectivity index (χ0v) is 15.2. The van der Waals surface area contributed by atoms with Gasteiger partial charge in [0, 0.05) is 30.4 Å². The van der Waals surface area contributed by atoms with Crippen molar-refractivity contribution in [2.75, 3.05) is 0 Å². The lowest BCUT2D eigenvalue weighted by atomic mass is 10.1. The Bertz CT molecular complexity index is 1220. The molecule has 0 unspecified atom stereocenters. The van der Waals surface area contributed by atoms with Crippen LogP contribution in [0.1, 0.15) is 21.5 Å². The van der Waals surface area contributed by atoms with Crippen molar-refractivity contribution in [3.63, 3.8) is 0 Å². The Labute approximate surface area is 153 Å². The fourth-order valence-corrected chi connectivity index (χ4v) is 3.52. The number of benzene rings is 1. The van der Waals surface area contributed by atoms with E-state index in [0.29, 0.717) is 33.2 Å². The van der Waals surface area contributed by atoms with Crippen LogP contribution in [0.4, 0.5) is 0 Å². The van der Waals surface area contributed by atoms with E-state index in [1.807, 2.05) is 24.5 Å². The van der Waals surface area contributed by atoms with Gasteiger partial charge in [-0.15, -0.1) is 0 Å². The minimum Gasteiger partial charge on any atom is -0.508 e. The maximum atomic E-state index is 12.0. The number of carbonyl (C=O) groups excluding carboxylic acids is 1. The van der Waals surface area contributed by atoms with Gasteiger partial charge in [0.2, 0.25) is 5.28 Å². The molecule has 7 nitrogen and oxygen atoms in total. The molecule has 4 aromatic rings. The zero-order chi connectivity index (χ0) is 18.7. The van der Waals surface area contributed by atoms with E-state index in [1.165, 1.54) is 0 Å². The SMILES string of the molecule is Cc1ccc(O)c(C)c1-n1cc(C(N)=O)c2cnc3c(nc(Cl)n3C)c21. The third kappa shape index (κ3) is 2.10. The van der Waals surface area contributed by atoms with Crippen molar-refractivity contribution < 1.29 is 9.90 Å². The lowest BCUT2D eigenvalue weighted by Gasteiger charge is -2.14. The molecule has 0 aliphatic rings. The van der Waals surface area contributed by atoms with Crippen LogP contribution in [0.25, 0.3) is 27.8 Å². The van der Waals surface area contributed by atoms with Gasteiger partial charge in [0.05, 0.1) is 16.8 Å². The van der Waals surface area contributed by atoms with E-state index in [9.17, 15) is 9.90 Å². The van der Waals surface area contributed by atoms with Gasteiger partial charge in [-0.1, -0.05) is 6.07 Å². The van der Waals surface area contributed by atoms with Crippen LogP contribution < -0.4 is 5.73 Å². The first-order valence-corrected chi connectivity index (χ1v) is 8.30. The third-order valence-corrected chi connectivity index (χ3v) is 5.04. The van der Waals surface area contributed by atoms with E-state index in [-0.39, 0.29) is 11.0 Å². The van der Waals surface area contributed by atoms with E-state index in [0.717, 1.165) is 11.3 Å². The van der Waals surface area contributed by atoms with E-state index < -0.39 is 5.91 Å². The second kappa shape index (κ2) is 5.47. The average Bonchev–Trinajstić information content (AvgIpc) is 3.11. The number of nitrogens with zero attached hydrogens (tertiary/aromatic N) is 4. The van der Waals surface area contributed by atoms with E-state index in [4.69, 9.17) is 17.3 Å². The number of hydrogen-bond donors (Lipinski definition) is 2. The Balaban J connectivity index is 2.25. The van der Waals surface area contributed by atoms with Crippen molar-refractivity contribution in [3.8, 4) is 11.4 Å². The van der Waals surface area contributed by atoms with Crippen LogP contribution in [0.5, 0.6) is 5.75 Å². The van der Waals surface area contributed by atoms with Crippen molar-refractivity contribution in [2.45, 2.75) is 13.8 Å². The van der Waals surface area contributed by atoms with Crippen molar-refractivity contribution in [3.05, 3.63) is 46.5 Å². The number of carbonyl (C=O) groups is 1. The second-order valence-electron chi connectivity index (χ2n) is 6.28. The first-order valence-electron chi connectivity index (χ1n) is 7.92. The number of pyridine rings is 1. The van der Waals surface area contributed by atoms with Crippen LogP contribution in [0.15, 0.2) is 24.5 Å². The Kier molecular flexibility index (Phi) is 3.45. The van der Waals surface area contributed by atoms with Crippen molar-refractivity contribution in [1.29, 1.82) is 0 Å². The predicted octanol–water partition coefficient (Wildman–Crippen LogP) is 2.99. The molecule has 132 valence electrons. The topological polar surface area (TPSA) is 99.0 Å². The maximum Gasteiger partial charge on any atom is 0.250 e. The molecule has 0 atom stereocenters. The van der Waals surface area contributed by atoms with Crippen LogP contribution in [0, 0.1) is 13.8 Å². The summed E-state index contributed by atoms with van der Waals surface area (Å²) in [4.78, 5) is 20.8. The van der Waals surface area contributed by atoms with E-state index in [1.54, 1.807) is 30.1 Å². The molecule has 26 heavy (non-hydrogen) atoms. The van der Waals surface area contributed by atoms with Crippen LogP contribution >= 0.6 is 11.6 Å². The molecule has 0 saturated heterocycles. The monoisotopic (exact) mass is 369 g/mol. The number of fused-ring (bicyclic) bond motifs is 3. The number of amides is 1. The fraction of sp³-hybridized carbons (Fsp3) is 0.167. The summed E-state index contributed by atoms with van der Waals surface area (Å²) in [5.41, 5.74) is 10.1. The van der Waals surface area contributed by atoms with Crippen LogP contribution in [-0.4, -0.2) is 30.1 Å². The molecule has 0 saturated carbocycles. The average molecular weight is 370 g/mol. The molecule has 3 heterocycles. The summed E-state index contributed by atoms with van der Waals surface area (Å²) in [5, 5.41) is 11.1. The van der Waals surface area contributed by atoms with Gasteiger partial charge < -0.3 is 20.0 Å². The first kappa shape index (κ1) is 16.4. The summed E-state index contributed by atoms with van der Waals surface area (Å²) < 4.78 is 3.49. The normalized spacial score (nSPS) is 11.5. The number of phenols is 1. The maximum absolute atomic E-state index is 12.0. The Hall–Kier alpha value is -3.06. The summed E-state index contributed by atoms with van der Waals surface area (Å²) in [7, 11) is 1.77. The number of aromatic hydroxyl groups is 1. The number of phenolic OH excluding ortho intramolecular Hbond substituents is 1. The van der Waals surface area contributed by atoms with Crippen LogP contribution in [-0.2, 0) is 7.05 Å². The molecule has 0 fully saturated rings. The molecule has 0 bridgehead atoms. The van der Waals surface area contributed by atoms with Crippen molar-refractivity contribution in [2.24, 2.45) is 12.8 Å². The standard InChI is InChI=1S/C18H16ClN5O2/c1-8-4-5-12(25)9(2)14(8)24-7-11(16(20)26)10-6-21-17-13(15(10)24)22-18(19)23(17)3/h4-7,25H,1-3H3,(H2,20,26). The molecule has 1 amide bonds. The highest BCUT2D eigenvalue weighted by Gasteiger charge is 2.22. The molecule has 0 aliphatic carbocycles. The van der Waals surface area contributed by atoms with Gasteiger partial charge in [-0.25, -0.2) is 9.97 Å². The Morgan fingerprint density at radius 3 is 2.73 bits per heavy atom. The van der Waals surface area contributed by atoms with Crippen molar-refractivity contribution >= 4 is 39.6 Å². The van der Waals surface area contributed by atoms with Gasteiger partial charge >= 0.3 is 0 Å². The Morgan fingerprint density at radius 1 is 1.31 bits per heavy atom. The molecule has 4 rings (SSSR count). The summed E-state index contributed by atoms with van der Waals surface area (Å²) in [6.45, 7) is 3.75. The van der Waals surface area contributed by atoms with Gasteiger partial charge in [-0.2, -0.15) is 0 Å². The molecule has 0 spiro atoms. The molecule has 0 radical (unpaired) electrons. The highest BCUT2D eigenvalue weighted by molar-refractivity contribution is 6.29. The largest absolute Gasteiger partial charge is 0.508 e. The number of nitrogens with two attached hydrogens (primary N) is 1. The van der Waals surface area contributed by atoms with Crippen LogP contribution in [0.2, 0.25) is 5.28 Å². The summed E-state index contributed by atoms with van der Waals surface area (Å²) in [6, 6.07) is 3.46. The van der Waals surface area contributed by atoms with E-state index >= 15 is 0 Å². The minimum atomic E-state index is -0.563. The van der Waals surface area contributed by atoms with Gasteiger partial charge in [0.15, 0.2) is 5.65 Å². The number of aromatic nitrogens is 4. The number of primary amides is 1. The predicted molar refractivity (Wildman–Crippen MR) is 100 cm³/mol. The number of aryl methyl sites for hydroxylation is 2. The first-order chi connectivity index (χ1) is 12.3. The number of imidazole rings is 1. The van der Waals surface area contributed by atoms with Crippen molar-refractivity contribution in [1.82, 2.24) is 19.1 Å². The fourth-order valence-electron chi connectivity index (χ4n) is 3.36. The third-order valence-electron chi connectivity index (χ3n) is 4.71. The van der Waals surface area contributed by atoms with Gasteiger partial charge in [-0.3, -0.25) is 4.79 Å². The molecule has 8 heteroatoms. The van der Waals surface area contributed by atoms with E-state index in [2.05, 4.69) is 9.97 Å². The molecule has 1 aromatic carbocycles. The number of halogens is 1. The highest BCUT2D eigenvalue weighted by Crippen LogP contribution is 2.35. The number of rotatable bonds is 2. The summed E-state index contributed by atoms with van der Waals surface area (Å²) >= 11 is 6.18.